The fourth-order valence-electron chi connectivity index (χ4n) is 3.61. The predicted octanol–water partition coefficient (Wildman–Crippen LogP) is 3.60. The van der Waals surface area contributed by atoms with Gasteiger partial charge in [-0.25, -0.2) is 4.39 Å². The van der Waals surface area contributed by atoms with Crippen LogP contribution in [0, 0.1) is 0 Å². The summed E-state index contributed by atoms with van der Waals surface area (Å²) < 4.78 is 43.1. The summed E-state index contributed by atoms with van der Waals surface area (Å²) in [7, 11) is 0. The lowest BCUT2D eigenvalue weighted by atomic mass is 9.75. The zero-order valence-electron chi connectivity index (χ0n) is 13.2. The van der Waals surface area contributed by atoms with E-state index in [1.165, 1.54) is 0 Å². The molecule has 1 aliphatic heterocycles. The first-order valence-electron chi connectivity index (χ1n) is 8.16. The number of hydrogen-bond donors (Lipinski definition) is 1. The second kappa shape index (κ2) is 6.69. The molecular weight excluding hydrogens is 305 g/mol. The number of halogens is 3. The molecule has 128 valence electrons. The van der Waals surface area contributed by atoms with E-state index in [1.807, 2.05) is 6.07 Å². The van der Waals surface area contributed by atoms with Gasteiger partial charge in [-0.2, -0.15) is 8.78 Å². The summed E-state index contributed by atoms with van der Waals surface area (Å²) in [6, 6.07) is 5.46. The summed E-state index contributed by atoms with van der Waals surface area (Å²) in [5, 5.41) is 0. The molecule has 1 heterocycles. The molecule has 1 saturated carbocycles. The van der Waals surface area contributed by atoms with Gasteiger partial charge in [0.25, 0.3) is 0 Å². The maximum atomic E-state index is 13.3. The molecule has 2 atom stereocenters. The Labute approximate surface area is 134 Å². The Balaban J connectivity index is 1.67. The summed E-state index contributed by atoms with van der Waals surface area (Å²) in [6.07, 6.45) is 1.80. The average molecular weight is 328 g/mol. The minimum Gasteiger partial charge on any atom is -0.434 e. The third-order valence-corrected chi connectivity index (χ3v) is 5.01. The van der Waals surface area contributed by atoms with Crippen molar-refractivity contribution in [3.05, 3.63) is 29.3 Å². The molecule has 1 aromatic rings. The molecule has 2 aliphatic rings. The third kappa shape index (κ3) is 3.63. The van der Waals surface area contributed by atoms with E-state index in [1.54, 1.807) is 19.1 Å². The summed E-state index contributed by atoms with van der Waals surface area (Å²) in [5.41, 5.74) is 7.40. The van der Waals surface area contributed by atoms with Gasteiger partial charge in [0.1, 0.15) is 11.9 Å². The van der Waals surface area contributed by atoms with Gasteiger partial charge in [-0.05, 0) is 43.7 Å². The number of likely N-dealkylation sites (tertiary alicyclic amines) is 1. The normalized spacial score (nSPS) is 29.6. The highest BCUT2D eigenvalue weighted by molar-refractivity contribution is 5.41. The van der Waals surface area contributed by atoms with E-state index in [4.69, 9.17) is 5.73 Å². The molecule has 1 aliphatic carbocycles. The number of alkyl halides is 3. The highest BCUT2D eigenvalue weighted by Crippen LogP contribution is 2.42. The Hall–Kier alpha value is -1.27. The molecule has 0 bridgehead atoms. The van der Waals surface area contributed by atoms with Crippen molar-refractivity contribution in [3.63, 3.8) is 0 Å². The molecule has 3 rings (SSSR count). The third-order valence-electron chi connectivity index (χ3n) is 5.01. The number of nitrogens with zero attached hydrogens (tertiary/aromatic N) is 1. The summed E-state index contributed by atoms with van der Waals surface area (Å²) in [4.78, 5) is 2.20. The lowest BCUT2D eigenvalue weighted by Crippen LogP contribution is -2.42. The smallest absolute Gasteiger partial charge is 0.387 e. The Kier molecular flexibility index (Phi) is 4.82. The lowest BCUT2D eigenvalue weighted by Gasteiger charge is -2.41. The first-order chi connectivity index (χ1) is 10.9. The Morgan fingerprint density at radius 2 is 2.04 bits per heavy atom. The number of nitrogens with two attached hydrogens (primary N) is 1. The van der Waals surface area contributed by atoms with E-state index < -0.39 is 12.8 Å². The predicted molar refractivity (Wildman–Crippen MR) is 82.5 cm³/mol. The molecule has 1 aromatic carbocycles. The number of hydrogen-bond acceptors (Lipinski definition) is 3. The van der Waals surface area contributed by atoms with Crippen LogP contribution in [0.15, 0.2) is 18.2 Å². The van der Waals surface area contributed by atoms with Gasteiger partial charge in [0, 0.05) is 30.7 Å². The molecule has 2 fully saturated rings. The zero-order valence-corrected chi connectivity index (χ0v) is 13.2. The van der Waals surface area contributed by atoms with E-state index in [-0.39, 0.29) is 11.8 Å². The van der Waals surface area contributed by atoms with Crippen LogP contribution in [0.3, 0.4) is 0 Å². The van der Waals surface area contributed by atoms with Crippen LogP contribution in [0.1, 0.15) is 49.3 Å². The van der Waals surface area contributed by atoms with E-state index >= 15 is 0 Å². The van der Waals surface area contributed by atoms with Gasteiger partial charge in [0.2, 0.25) is 0 Å². The van der Waals surface area contributed by atoms with Crippen molar-refractivity contribution in [2.45, 2.75) is 57.0 Å². The SMILES string of the molecule is C[C@H](N)c1ccc(C2CC(N3CC[C@@H](F)C3)C2)cc1OC(F)F. The Morgan fingerprint density at radius 3 is 2.61 bits per heavy atom. The van der Waals surface area contributed by atoms with Gasteiger partial charge >= 0.3 is 6.61 Å². The number of rotatable bonds is 5. The summed E-state index contributed by atoms with van der Waals surface area (Å²) in [6.45, 7) is 0.235. The number of benzene rings is 1. The van der Waals surface area contributed by atoms with Crippen LogP contribution in [-0.2, 0) is 0 Å². The van der Waals surface area contributed by atoms with E-state index in [2.05, 4.69) is 9.64 Å². The summed E-state index contributed by atoms with van der Waals surface area (Å²) in [5.74, 6) is 0.488. The Bertz CT molecular complexity index is 547. The van der Waals surface area contributed by atoms with Crippen LogP contribution in [-0.4, -0.2) is 36.8 Å². The molecule has 0 unspecified atom stereocenters. The topological polar surface area (TPSA) is 38.5 Å². The van der Waals surface area contributed by atoms with E-state index in [0.29, 0.717) is 30.5 Å². The molecule has 6 heteroatoms. The van der Waals surface area contributed by atoms with Gasteiger partial charge in [-0.1, -0.05) is 12.1 Å². The Morgan fingerprint density at radius 1 is 1.30 bits per heavy atom. The van der Waals surface area contributed by atoms with Crippen LogP contribution in [0.25, 0.3) is 0 Å². The summed E-state index contributed by atoms with van der Waals surface area (Å²) >= 11 is 0. The van der Waals surface area contributed by atoms with Crippen molar-refractivity contribution in [1.29, 1.82) is 0 Å². The van der Waals surface area contributed by atoms with Crippen molar-refractivity contribution in [2.24, 2.45) is 5.73 Å². The van der Waals surface area contributed by atoms with Crippen molar-refractivity contribution in [1.82, 2.24) is 4.90 Å². The van der Waals surface area contributed by atoms with Crippen LogP contribution >= 0.6 is 0 Å². The van der Waals surface area contributed by atoms with Crippen molar-refractivity contribution >= 4 is 0 Å². The fourth-order valence-corrected chi connectivity index (χ4v) is 3.61. The van der Waals surface area contributed by atoms with E-state index in [0.717, 1.165) is 24.9 Å². The molecule has 1 saturated heterocycles. The maximum absolute atomic E-state index is 13.3. The lowest BCUT2D eigenvalue weighted by molar-refractivity contribution is -0.0506. The van der Waals surface area contributed by atoms with Crippen molar-refractivity contribution < 1.29 is 17.9 Å². The maximum Gasteiger partial charge on any atom is 0.387 e. The number of ether oxygens (including phenoxy) is 1. The first-order valence-corrected chi connectivity index (χ1v) is 8.16. The highest BCUT2D eigenvalue weighted by atomic mass is 19.3. The highest BCUT2D eigenvalue weighted by Gasteiger charge is 2.38. The minimum atomic E-state index is -2.86. The molecule has 0 amide bonds. The zero-order chi connectivity index (χ0) is 16.6. The average Bonchev–Trinajstić information content (AvgIpc) is 2.82. The standard InChI is InChI=1S/C17H23F3N2O/c1-10(21)15-3-2-11(8-16(15)23-17(19)20)12-6-14(7-12)22-5-4-13(18)9-22/h2-3,8,10,12-14,17H,4-7,9,21H2,1H3/t10-,12?,13+,14?/m0/s1. The van der Waals surface area contributed by atoms with Gasteiger partial charge in [-0.3, -0.25) is 4.90 Å². The van der Waals surface area contributed by atoms with Gasteiger partial charge in [-0.15, -0.1) is 0 Å². The van der Waals surface area contributed by atoms with Crippen LogP contribution in [0.2, 0.25) is 0 Å². The van der Waals surface area contributed by atoms with Crippen molar-refractivity contribution in [3.8, 4) is 5.75 Å². The minimum absolute atomic E-state index is 0.168. The largest absolute Gasteiger partial charge is 0.434 e. The van der Waals surface area contributed by atoms with Crippen molar-refractivity contribution in [2.75, 3.05) is 13.1 Å². The molecular formula is C17H23F3N2O. The molecule has 0 aromatic heterocycles. The first kappa shape index (κ1) is 16.6. The molecule has 3 nitrogen and oxygen atoms in total. The van der Waals surface area contributed by atoms with Crippen LogP contribution < -0.4 is 10.5 Å². The van der Waals surface area contributed by atoms with E-state index in [9.17, 15) is 13.2 Å². The van der Waals surface area contributed by atoms with Gasteiger partial charge in [0.05, 0.1) is 0 Å². The fraction of sp³-hybridized carbons (Fsp3) is 0.647. The quantitative estimate of drug-likeness (QED) is 0.897. The molecule has 23 heavy (non-hydrogen) atoms. The molecule has 0 spiro atoms. The van der Waals surface area contributed by atoms with Gasteiger partial charge in [0.15, 0.2) is 0 Å². The van der Waals surface area contributed by atoms with Crippen LogP contribution in [0.5, 0.6) is 5.75 Å². The second-order valence-corrected chi connectivity index (χ2v) is 6.67. The second-order valence-electron chi connectivity index (χ2n) is 6.67. The molecule has 2 N–H and O–H groups in total. The monoisotopic (exact) mass is 328 g/mol. The van der Waals surface area contributed by atoms with Gasteiger partial charge < -0.3 is 10.5 Å². The molecule has 0 radical (unpaired) electrons. The van der Waals surface area contributed by atoms with Crippen LogP contribution in [0.4, 0.5) is 13.2 Å².